The summed E-state index contributed by atoms with van der Waals surface area (Å²) in [5.41, 5.74) is 4.75. The second-order valence-electron chi connectivity index (χ2n) is 8.66. The first-order valence-electron chi connectivity index (χ1n) is 12.4. The fraction of sp³-hybridized carbons (Fsp3) is 0.219. The van der Waals surface area contributed by atoms with Crippen molar-refractivity contribution in [3.05, 3.63) is 77.0 Å². The van der Waals surface area contributed by atoms with Gasteiger partial charge in [-0.15, -0.1) is 0 Å². The van der Waals surface area contributed by atoms with Crippen molar-refractivity contribution in [2.75, 3.05) is 42.7 Å². The van der Waals surface area contributed by atoms with Gasteiger partial charge in [-0.3, -0.25) is 0 Å². The quantitative estimate of drug-likeness (QED) is 0.233. The fourth-order valence-corrected chi connectivity index (χ4v) is 4.52. The zero-order valence-corrected chi connectivity index (χ0v) is 23.4. The van der Waals surface area contributed by atoms with Gasteiger partial charge in [-0.1, -0.05) is 18.2 Å². The molecule has 0 saturated heterocycles. The van der Waals surface area contributed by atoms with E-state index in [2.05, 4.69) is 28.8 Å². The summed E-state index contributed by atoms with van der Waals surface area (Å²) in [6.45, 7) is 0. The van der Waals surface area contributed by atoms with Crippen LogP contribution in [0.4, 0.5) is 0 Å². The number of rotatable bonds is 10. The minimum atomic E-state index is 0.657. The fourth-order valence-electron chi connectivity index (χ4n) is 4.52. The third kappa shape index (κ3) is 5.62. The number of hydrogen-bond donors (Lipinski definition) is 0. The third-order valence-electron chi connectivity index (χ3n) is 6.62. The summed E-state index contributed by atoms with van der Waals surface area (Å²) >= 11 is 0. The predicted molar refractivity (Wildman–Crippen MR) is 155 cm³/mol. The van der Waals surface area contributed by atoms with Crippen LogP contribution >= 0.6 is 0 Å². The standard InChI is InChI=1S/C32H34NO6/c1-33-22(13-15-27-31(38-6)19-24(35-3)20-32(27)39-7)16-21(25-10-8-9-11-28(25)33)12-14-26-29(36-4)17-23(34-2)18-30(26)37-5/h8-20H,1-7H3/q+1/b14-12-,15-13-. The van der Waals surface area contributed by atoms with Gasteiger partial charge in [-0.25, -0.2) is 0 Å². The Morgan fingerprint density at radius 2 is 1.00 bits per heavy atom. The van der Waals surface area contributed by atoms with Crippen LogP contribution in [0.5, 0.6) is 34.5 Å². The van der Waals surface area contributed by atoms with Crippen molar-refractivity contribution in [2.45, 2.75) is 0 Å². The Bertz CT molecular complexity index is 1490. The molecule has 0 spiro atoms. The number of nitrogens with zero attached hydrogens (tertiary/aromatic N) is 1. The Hall–Kier alpha value is -4.65. The highest BCUT2D eigenvalue weighted by Gasteiger charge is 2.16. The highest BCUT2D eigenvalue weighted by molar-refractivity contribution is 5.91. The van der Waals surface area contributed by atoms with E-state index in [1.54, 1.807) is 42.7 Å². The Kier molecular flexibility index (Phi) is 8.61. The molecule has 1 aromatic heterocycles. The molecule has 0 N–H and O–H groups in total. The molecule has 0 saturated carbocycles. The summed E-state index contributed by atoms with van der Waals surface area (Å²) in [5.74, 6) is 3.96. The van der Waals surface area contributed by atoms with E-state index in [-0.39, 0.29) is 0 Å². The summed E-state index contributed by atoms with van der Waals surface area (Å²) < 4.78 is 35.5. The highest BCUT2D eigenvalue weighted by atomic mass is 16.5. The highest BCUT2D eigenvalue weighted by Crippen LogP contribution is 2.37. The molecule has 39 heavy (non-hydrogen) atoms. The first kappa shape index (κ1) is 27.4. The van der Waals surface area contributed by atoms with Crippen LogP contribution < -0.4 is 33.0 Å². The SMILES string of the molecule is COc1cc(OC)c(/C=C\c2cc(/C=C\c3c(OC)cc(OC)cc3OC)[n+](C)c3ccccc23)c(OC)c1. The van der Waals surface area contributed by atoms with Gasteiger partial charge >= 0.3 is 0 Å². The topological polar surface area (TPSA) is 59.3 Å². The van der Waals surface area contributed by atoms with Gasteiger partial charge in [-0.2, -0.15) is 4.57 Å². The van der Waals surface area contributed by atoms with Crippen LogP contribution in [0.2, 0.25) is 0 Å². The Balaban J connectivity index is 1.85. The Labute approximate surface area is 229 Å². The van der Waals surface area contributed by atoms with Crippen LogP contribution in [-0.2, 0) is 7.05 Å². The maximum absolute atomic E-state index is 5.64. The van der Waals surface area contributed by atoms with E-state index >= 15 is 0 Å². The zero-order valence-electron chi connectivity index (χ0n) is 23.4. The lowest BCUT2D eigenvalue weighted by molar-refractivity contribution is -0.646. The summed E-state index contributed by atoms with van der Waals surface area (Å²) in [6.07, 6.45) is 8.11. The maximum Gasteiger partial charge on any atom is 0.213 e. The van der Waals surface area contributed by atoms with Crippen molar-refractivity contribution < 1.29 is 33.0 Å². The summed E-state index contributed by atoms with van der Waals surface area (Å²) in [5, 5.41) is 1.11. The smallest absolute Gasteiger partial charge is 0.213 e. The molecular formula is C32H34NO6+. The van der Waals surface area contributed by atoms with Crippen molar-refractivity contribution in [1.82, 2.24) is 0 Å². The molecule has 0 radical (unpaired) electrons. The molecule has 4 rings (SSSR count). The van der Waals surface area contributed by atoms with E-state index in [1.165, 1.54) is 0 Å². The first-order chi connectivity index (χ1) is 19.0. The molecule has 4 aromatic rings. The van der Waals surface area contributed by atoms with Crippen molar-refractivity contribution in [2.24, 2.45) is 7.05 Å². The molecule has 202 valence electrons. The van der Waals surface area contributed by atoms with Gasteiger partial charge in [-0.05, 0) is 23.8 Å². The van der Waals surface area contributed by atoms with Gasteiger partial charge in [0, 0.05) is 42.5 Å². The van der Waals surface area contributed by atoms with Crippen LogP contribution in [0.25, 0.3) is 35.2 Å². The van der Waals surface area contributed by atoms with Crippen molar-refractivity contribution in [1.29, 1.82) is 0 Å². The number of ether oxygens (including phenoxy) is 6. The maximum atomic E-state index is 5.64. The average molecular weight is 529 g/mol. The van der Waals surface area contributed by atoms with Gasteiger partial charge in [0.2, 0.25) is 11.2 Å². The molecule has 0 aliphatic heterocycles. The second-order valence-corrected chi connectivity index (χ2v) is 8.66. The molecule has 7 nitrogen and oxygen atoms in total. The van der Waals surface area contributed by atoms with Crippen LogP contribution in [0.1, 0.15) is 22.4 Å². The normalized spacial score (nSPS) is 11.3. The average Bonchev–Trinajstić information content (AvgIpc) is 2.99. The van der Waals surface area contributed by atoms with Crippen LogP contribution in [0.15, 0.2) is 54.6 Å². The third-order valence-corrected chi connectivity index (χ3v) is 6.62. The van der Waals surface area contributed by atoms with E-state index < -0.39 is 0 Å². The van der Waals surface area contributed by atoms with Gasteiger partial charge in [0.1, 0.15) is 41.5 Å². The molecule has 1 heterocycles. The predicted octanol–water partition coefficient (Wildman–Crippen LogP) is 6.06. The van der Waals surface area contributed by atoms with Crippen molar-refractivity contribution in [3.63, 3.8) is 0 Å². The first-order valence-corrected chi connectivity index (χ1v) is 12.4. The second kappa shape index (κ2) is 12.3. The molecule has 0 unspecified atom stereocenters. The van der Waals surface area contributed by atoms with Crippen LogP contribution in [0.3, 0.4) is 0 Å². The summed E-state index contributed by atoms with van der Waals surface area (Å²) in [7, 11) is 11.8. The number of para-hydroxylation sites is 1. The molecule has 0 bridgehead atoms. The van der Waals surface area contributed by atoms with Crippen LogP contribution in [0, 0.1) is 0 Å². The van der Waals surface area contributed by atoms with E-state index in [0.29, 0.717) is 34.5 Å². The lowest BCUT2D eigenvalue weighted by atomic mass is 10.0. The minimum absolute atomic E-state index is 0.657. The molecule has 0 aliphatic rings. The number of aromatic nitrogens is 1. The van der Waals surface area contributed by atoms with Gasteiger partial charge < -0.3 is 28.4 Å². The van der Waals surface area contributed by atoms with E-state index in [1.807, 2.05) is 61.7 Å². The Morgan fingerprint density at radius 3 is 1.46 bits per heavy atom. The molecule has 3 aromatic carbocycles. The molecule has 7 heteroatoms. The van der Waals surface area contributed by atoms with Crippen LogP contribution in [-0.4, -0.2) is 42.7 Å². The minimum Gasteiger partial charge on any atom is -0.496 e. The number of fused-ring (bicyclic) bond motifs is 1. The van der Waals surface area contributed by atoms with E-state index in [9.17, 15) is 0 Å². The molecule has 0 aliphatic carbocycles. The lowest BCUT2D eigenvalue weighted by Crippen LogP contribution is -2.33. The van der Waals surface area contributed by atoms with Gasteiger partial charge in [0.25, 0.3) is 0 Å². The number of methoxy groups -OCH3 is 6. The number of aryl methyl sites for hydroxylation is 1. The largest absolute Gasteiger partial charge is 0.496 e. The number of benzene rings is 3. The van der Waals surface area contributed by atoms with E-state index in [4.69, 9.17) is 28.4 Å². The number of hydrogen-bond acceptors (Lipinski definition) is 6. The molecule has 0 atom stereocenters. The Morgan fingerprint density at radius 1 is 0.538 bits per heavy atom. The van der Waals surface area contributed by atoms with Gasteiger partial charge in [0.05, 0.1) is 59.2 Å². The monoisotopic (exact) mass is 528 g/mol. The van der Waals surface area contributed by atoms with Crippen molar-refractivity contribution in [3.8, 4) is 34.5 Å². The van der Waals surface area contributed by atoms with E-state index in [0.717, 1.165) is 33.3 Å². The van der Waals surface area contributed by atoms with Crippen molar-refractivity contribution >= 4 is 35.2 Å². The zero-order chi connectivity index (χ0) is 27.9. The number of pyridine rings is 1. The summed E-state index contributed by atoms with van der Waals surface area (Å²) in [6, 6.07) is 17.8. The molecule has 0 fully saturated rings. The molecular weight excluding hydrogens is 494 g/mol. The van der Waals surface area contributed by atoms with Gasteiger partial charge in [0.15, 0.2) is 0 Å². The lowest BCUT2D eigenvalue weighted by Gasteiger charge is -2.13. The molecule has 0 amide bonds. The summed E-state index contributed by atoms with van der Waals surface area (Å²) in [4.78, 5) is 0.